The van der Waals surface area contributed by atoms with E-state index in [4.69, 9.17) is 26.4 Å². The number of non-ortho nitro benzene ring substituents is 1. The van der Waals surface area contributed by atoms with Gasteiger partial charge >= 0.3 is 5.69 Å². The quantitative estimate of drug-likeness (QED) is 0.151. The highest BCUT2D eigenvalue weighted by Crippen LogP contribution is 2.40. The van der Waals surface area contributed by atoms with Gasteiger partial charge in [-0.05, 0) is 54.1 Å². The molecule has 0 atom stereocenters. The van der Waals surface area contributed by atoms with Crippen molar-refractivity contribution in [1.29, 1.82) is 0 Å². The number of methoxy groups -OCH3 is 2. The van der Waals surface area contributed by atoms with Crippen LogP contribution in [0.4, 0.5) is 17.1 Å². The lowest BCUT2D eigenvalue weighted by Gasteiger charge is -2.14. The molecule has 0 radical (unpaired) electrons. The number of thiocarbonyl (C=S) groups is 1. The van der Waals surface area contributed by atoms with Crippen molar-refractivity contribution in [3.8, 4) is 23.0 Å². The number of thioether (sulfide) groups is 1. The highest BCUT2D eigenvalue weighted by molar-refractivity contribution is 8.27. The second kappa shape index (κ2) is 10.6. The lowest BCUT2D eigenvalue weighted by Crippen LogP contribution is -2.27. The van der Waals surface area contributed by atoms with Crippen molar-refractivity contribution in [3.05, 3.63) is 91.4 Å². The molecule has 1 fully saturated rings. The topological polar surface area (TPSA) is 134 Å². The molecular weight excluding hydrogens is 522 g/mol. The molecule has 4 rings (SSSR count). The molecule has 1 amide bonds. The number of carbonyl (C=O) groups is 1. The van der Waals surface area contributed by atoms with Crippen LogP contribution in [0.15, 0.2) is 65.6 Å². The van der Waals surface area contributed by atoms with Gasteiger partial charge in [-0.1, -0.05) is 30.0 Å². The number of hydrogen-bond donors (Lipinski definition) is 0. The molecule has 1 aliphatic heterocycles. The first kappa shape index (κ1) is 25.6. The van der Waals surface area contributed by atoms with Crippen LogP contribution in [-0.2, 0) is 4.79 Å². The van der Waals surface area contributed by atoms with Gasteiger partial charge in [0.1, 0.15) is 5.75 Å². The maximum Gasteiger partial charge on any atom is 0.318 e. The van der Waals surface area contributed by atoms with Gasteiger partial charge in [-0.2, -0.15) is 0 Å². The van der Waals surface area contributed by atoms with Gasteiger partial charge in [-0.3, -0.25) is 29.9 Å². The Morgan fingerprint density at radius 2 is 1.59 bits per heavy atom. The maximum atomic E-state index is 13.1. The number of amides is 1. The zero-order valence-electron chi connectivity index (χ0n) is 19.3. The van der Waals surface area contributed by atoms with Crippen LogP contribution in [-0.4, -0.2) is 34.3 Å². The summed E-state index contributed by atoms with van der Waals surface area (Å²) >= 11 is 6.55. The molecule has 0 saturated carbocycles. The maximum absolute atomic E-state index is 13.1. The Kier molecular flexibility index (Phi) is 7.36. The van der Waals surface area contributed by atoms with E-state index in [2.05, 4.69) is 0 Å². The number of ether oxygens (including phenoxy) is 3. The summed E-state index contributed by atoms with van der Waals surface area (Å²) in [4.78, 5) is 35.8. The van der Waals surface area contributed by atoms with E-state index in [1.807, 2.05) is 0 Å². The molecule has 13 heteroatoms. The summed E-state index contributed by atoms with van der Waals surface area (Å²) in [6.45, 7) is 0. The first-order valence-electron chi connectivity index (χ1n) is 10.4. The molecule has 11 nitrogen and oxygen atoms in total. The van der Waals surface area contributed by atoms with Gasteiger partial charge in [-0.25, -0.2) is 0 Å². The normalized spacial score (nSPS) is 14.1. The summed E-state index contributed by atoms with van der Waals surface area (Å²) in [5.41, 5.74) is 0.200. The van der Waals surface area contributed by atoms with Crippen LogP contribution < -0.4 is 19.1 Å². The highest BCUT2D eigenvalue weighted by Gasteiger charge is 2.33. The Labute approximate surface area is 219 Å². The molecule has 1 heterocycles. The SMILES string of the molecule is COc1ccc(N2C(=O)/C(=C/c3ccc(Oc4ccc([N+](=O)[O-])cc4[N+](=O)[O-])c(OC)c3)SC2=S)cc1. The molecule has 0 spiro atoms. The number of benzene rings is 3. The predicted octanol–water partition coefficient (Wildman–Crippen LogP) is 5.72. The predicted molar refractivity (Wildman–Crippen MR) is 141 cm³/mol. The van der Waals surface area contributed by atoms with E-state index in [-0.39, 0.29) is 23.2 Å². The van der Waals surface area contributed by atoms with Crippen LogP contribution in [0.1, 0.15) is 5.56 Å². The summed E-state index contributed by atoms with van der Waals surface area (Å²) in [7, 11) is 2.94. The molecule has 3 aromatic rings. The minimum Gasteiger partial charge on any atom is -0.497 e. The van der Waals surface area contributed by atoms with E-state index in [9.17, 15) is 25.0 Å². The number of anilines is 1. The fraction of sp³-hybridized carbons (Fsp3) is 0.0833. The number of rotatable bonds is 8. The van der Waals surface area contributed by atoms with Crippen molar-refractivity contribution >= 4 is 57.3 Å². The number of carbonyl (C=O) groups excluding carboxylic acids is 1. The average molecular weight is 540 g/mol. The van der Waals surface area contributed by atoms with Crippen molar-refractivity contribution in [2.24, 2.45) is 0 Å². The lowest BCUT2D eigenvalue weighted by atomic mass is 10.1. The summed E-state index contributed by atoms with van der Waals surface area (Å²) in [6, 6.07) is 14.7. The first-order valence-corrected chi connectivity index (χ1v) is 11.6. The van der Waals surface area contributed by atoms with Crippen LogP contribution in [0.25, 0.3) is 6.08 Å². The van der Waals surface area contributed by atoms with Gasteiger partial charge in [0.05, 0.1) is 40.7 Å². The molecule has 0 N–H and O–H groups in total. The summed E-state index contributed by atoms with van der Waals surface area (Å²) in [6.07, 6.45) is 1.64. The smallest absolute Gasteiger partial charge is 0.318 e. The van der Waals surface area contributed by atoms with Gasteiger partial charge in [-0.15, -0.1) is 0 Å². The Morgan fingerprint density at radius 3 is 2.22 bits per heavy atom. The summed E-state index contributed by atoms with van der Waals surface area (Å²) < 4.78 is 16.6. The minimum absolute atomic E-state index is 0.141. The van der Waals surface area contributed by atoms with Crippen LogP contribution in [0.3, 0.4) is 0 Å². The zero-order chi connectivity index (χ0) is 26.7. The second-order valence-electron chi connectivity index (χ2n) is 7.39. The standard InChI is InChI=1S/C24H17N3O8S2/c1-33-17-7-4-15(5-8-17)25-23(28)22(37-24(25)36)12-14-3-9-20(21(11-14)34-2)35-19-10-6-16(26(29)30)13-18(19)27(31)32/h3-13H,1-2H3/b22-12-. The van der Waals surface area contributed by atoms with Crippen LogP contribution in [0.2, 0.25) is 0 Å². The van der Waals surface area contributed by atoms with Crippen LogP contribution in [0, 0.1) is 20.2 Å². The van der Waals surface area contributed by atoms with E-state index in [1.165, 1.54) is 18.1 Å². The second-order valence-corrected chi connectivity index (χ2v) is 9.07. The highest BCUT2D eigenvalue weighted by atomic mass is 32.2. The third-order valence-corrected chi connectivity index (χ3v) is 6.48. The fourth-order valence-corrected chi connectivity index (χ4v) is 4.70. The Morgan fingerprint density at radius 1 is 0.892 bits per heavy atom. The average Bonchev–Trinajstić information content (AvgIpc) is 3.17. The molecule has 0 aliphatic carbocycles. The molecule has 1 saturated heterocycles. The number of nitro benzene ring substituents is 2. The largest absolute Gasteiger partial charge is 0.497 e. The van der Waals surface area contributed by atoms with E-state index in [0.29, 0.717) is 26.2 Å². The van der Waals surface area contributed by atoms with E-state index in [1.54, 1.807) is 49.6 Å². The molecule has 1 aliphatic rings. The third-order valence-electron chi connectivity index (χ3n) is 5.18. The van der Waals surface area contributed by atoms with Crippen molar-refractivity contribution in [2.45, 2.75) is 0 Å². The fourth-order valence-electron chi connectivity index (χ4n) is 3.40. The molecule has 0 aromatic heterocycles. The van der Waals surface area contributed by atoms with Crippen molar-refractivity contribution in [2.75, 3.05) is 19.1 Å². The van der Waals surface area contributed by atoms with Crippen molar-refractivity contribution in [1.82, 2.24) is 0 Å². The van der Waals surface area contributed by atoms with Crippen LogP contribution in [0.5, 0.6) is 23.0 Å². The number of nitrogens with zero attached hydrogens (tertiary/aromatic N) is 3. The van der Waals surface area contributed by atoms with Crippen molar-refractivity contribution in [3.63, 3.8) is 0 Å². The van der Waals surface area contributed by atoms with Crippen molar-refractivity contribution < 1.29 is 28.9 Å². The minimum atomic E-state index is -0.770. The Hall–Kier alpha value is -4.49. The molecule has 188 valence electrons. The van der Waals surface area contributed by atoms with Gasteiger partial charge in [0.15, 0.2) is 15.8 Å². The monoisotopic (exact) mass is 539 g/mol. The molecule has 0 bridgehead atoms. The van der Waals surface area contributed by atoms with E-state index < -0.39 is 21.2 Å². The van der Waals surface area contributed by atoms with E-state index >= 15 is 0 Å². The molecular formula is C24H17N3O8S2. The summed E-state index contributed by atoms with van der Waals surface area (Å²) in [5.74, 6) is 0.538. The zero-order valence-corrected chi connectivity index (χ0v) is 20.9. The Balaban J connectivity index is 1.60. The first-order chi connectivity index (χ1) is 17.7. The molecule has 37 heavy (non-hydrogen) atoms. The third kappa shape index (κ3) is 5.37. The number of nitro groups is 2. The summed E-state index contributed by atoms with van der Waals surface area (Å²) in [5, 5.41) is 22.4. The molecule has 0 unspecified atom stereocenters. The Bertz CT molecular complexity index is 1460. The van der Waals surface area contributed by atoms with Gasteiger partial charge in [0.2, 0.25) is 5.75 Å². The number of hydrogen-bond acceptors (Lipinski definition) is 10. The lowest BCUT2D eigenvalue weighted by molar-refractivity contribution is -0.394. The van der Waals surface area contributed by atoms with Gasteiger partial charge < -0.3 is 14.2 Å². The molecule has 3 aromatic carbocycles. The van der Waals surface area contributed by atoms with E-state index in [0.717, 1.165) is 30.0 Å². The van der Waals surface area contributed by atoms with Gasteiger partial charge in [0.25, 0.3) is 11.6 Å². The van der Waals surface area contributed by atoms with Gasteiger partial charge in [0, 0.05) is 6.07 Å². The van der Waals surface area contributed by atoms with Crippen LogP contribution >= 0.6 is 24.0 Å².